The van der Waals surface area contributed by atoms with Crippen LogP contribution in [0.15, 0.2) is 30.5 Å². The molecule has 1 heterocycles. The van der Waals surface area contributed by atoms with Crippen molar-refractivity contribution < 1.29 is 4.39 Å². The van der Waals surface area contributed by atoms with Gasteiger partial charge in [0.2, 0.25) is 0 Å². The van der Waals surface area contributed by atoms with Gasteiger partial charge in [0.25, 0.3) is 0 Å². The summed E-state index contributed by atoms with van der Waals surface area (Å²) in [4.78, 5) is 4.50. The summed E-state index contributed by atoms with van der Waals surface area (Å²) < 4.78 is 13.6. The van der Waals surface area contributed by atoms with E-state index in [0.29, 0.717) is 0 Å². The average Bonchev–Trinajstić information content (AvgIpc) is 2.31. The SMILES string of the molecule is CNC(c1cc(C)cc(F)c1)c1ncc(C)cc1C. The number of aryl methyl sites for hydroxylation is 3. The Bertz CT molecular complexity index is 573. The molecule has 0 aliphatic rings. The van der Waals surface area contributed by atoms with Crippen LogP contribution in [-0.4, -0.2) is 12.0 Å². The Labute approximate surface area is 113 Å². The molecular formula is C16H19FN2. The number of benzene rings is 1. The molecule has 2 aromatic rings. The Morgan fingerprint density at radius 1 is 1.05 bits per heavy atom. The zero-order valence-electron chi connectivity index (χ0n) is 11.8. The summed E-state index contributed by atoms with van der Waals surface area (Å²) in [6.07, 6.45) is 1.85. The predicted octanol–water partition coefficient (Wildman–Crippen LogP) is 3.45. The molecular weight excluding hydrogens is 239 g/mol. The highest BCUT2D eigenvalue weighted by Gasteiger charge is 2.16. The predicted molar refractivity (Wildman–Crippen MR) is 75.8 cm³/mol. The maximum Gasteiger partial charge on any atom is 0.123 e. The van der Waals surface area contributed by atoms with E-state index < -0.39 is 0 Å². The van der Waals surface area contributed by atoms with Gasteiger partial charge in [0.15, 0.2) is 0 Å². The minimum atomic E-state index is -0.208. The molecule has 2 rings (SSSR count). The van der Waals surface area contributed by atoms with Gasteiger partial charge >= 0.3 is 0 Å². The summed E-state index contributed by atoms with van der Waals surface area (Å²) in [6.45, 7) is 5.95. The summed E-state index contributed by atoms with van der Waals surface area (Å²) in [5.41, 5.74) is 5.00. The number of rotatable bonds is 3. The van der Waals surface area contributed by atoms with Crippen molar-refractivity contribution in [3.05, 3.63) is 64.2 Å². The summed E-state index contributed by atoms with van der Waals surface area (Å²) in [5.74, 6) is -0.208. The molecule has 0 saturated heterocycles. The molecule has 0 amide bonds. The van der Waals surface area contributed by atoms with E-state index in [1.807, 2.05) is 40.1 Å². The molecule has 0 fully saturated rings. The van der Waals surface area contributed by atoms with E-state index in [1.54, 1.807) is 6.07 Å². The van der Waals surface area contributed by atoms with E-state index in [-0.39, 0.29) is 11.9 Å². The lowest BCUT2D eigenvalue weighted by Crippen LogP contribution is -2.20. The van der Waals surface area contributed by atoms with Crippen molar-refractivity contribution in [3.8, 4) is 0 Å². The lowest BCUT2D eigenvalue weighted by Gasteiger charge is -2.19. The zero-order chi connectivity index (χ0) is 14.0. The fourth-order valence-corrected chi connectivity index (χ4v) is 2.42. The largest absolute Gasteiger partial charge is 0.308 e. The Balaban J connectivity index is 2.49. The first-order chi connectivity index (χ1) is 9.01. The van der Waals surface area contributed by atoms with Crippen LogP contribution < -0.4 is 5.32 Å². The van der Waals surface area contributed by atoms with Gasteiger partial charge in [-0.25, -0.2) is 4.39 Å². The van der Waals surface area contributed by atoms with Crippen LogP contribution in [-0.2, 0) is 0 Å². The smallest absolute Gasteiger partial charge is 0.123 e. The second-order valence-corrected chi connectivity index (χ2v) is 5.00. The first-order valence-corrected chi connectivity index (χ1v) is 6.38. The summed E-state index contributed by atoms with van der Waals surface area (Å²) in [5, 5.41) is 3.22. The molecule has 0 radical (unpaired) electrons. The van der Waals surface area contributed by atoms with E-state index in [0.717, 1.165) is 27.9 Å². The van der Waals surface area contributed by atoms with Gasteiger partial charge < -0.3 is 5.32 Å². The Kier molecular flexibility index (Phi) is 3.96. The van der Waals surface area contributed by atoms with Crippen LogP contribution in [0.1, 0.15) is 34.0 Å². The fraction of sp³-hybridized carbons (Fsp3) is 0.312. The van der Waals surface area contributed by atoms with E-state index in [2.05, 4.69) is 16.4 Å². The molecule has 3 heteroatoms. The average molecular weight is 258 g/mol. The topological polar surface area (TPSA) is 24.9 Å². The van der Waals surface area contributed by atoms with Crippen molar-refractivity contribution in [2.45, 2.75) is 26.8 Å². The first kappa shape index (κ1) is 13.7. The molecule has 19 heavy (non-hydrogen) atoms. The monoisotopic (exact) mass is 258 g/mol. The van der Waals surface area contributed by atoms with Crippen LogP contribution >= 0.6 is 0 Å². The number of nitrogens with zero attached hydrogens (tertiary/aromatic N) is 1. The Morgan fingerprint density at radius 3 is 2.37 bits per heavy atom. The van der Waals surface area contributed by atoms with Gasteiger partial charge in [-0.05, 0) is 62.2 Å². The maximum absolute atomic E-state index is 13.6. The maximum atomic E-state index is 13.6. The quantitative estimate of drug-likeness (QED) is 0.912. The van der Waals surface area contributed by atoms with Gasteiger partial charge in [-0.2, -0.15) is 0 Å². The minimum Gasteiger partial charge on any atom is -0.308 e. The van der Waals surface area contributed by atoms with Crippen molar-refractivity contribution in [1.29, 1.82) is 0 Å². The van der Waals surface area contributed by atoms with Crippen LogP contribution in [0, 0.1) is 26.6 Å². The second-order valence-electron chi connectivity index (χ2n) is 5.00. The van der Waals surface area contributed by atoms with Crippen LogP contribution in [0.4, 0.5) is 4.39 Å². The third-order valence-electron chi connectivity index (χ3n) is 3.22. The molecule has 0 spiro atoms. The van der Waals surface area contributed by atoms with Gasteiger partial charge in [-0.15, -0.1) is 0 Å². The summed E-state index contributed by atoms with van der Waals surface area (Å²) in [6, 6.07) is 7.10. The highest BCUT2D eigenvalue weighted by Crippen LogP contribution is 2.24. The van der Waals surface area contributed by atoms with Gasteiger partial charge in [0, 0.05) is 6.20 Å². The van der Waals surface area contributed by atoms with Gasteiger partial charge in [0.05, 0.1) is 11.7 Å². The molecule has 1 aromatic carbocycles. The van der Waals surface area contributed by atoms with Crippen molar-refractivity contribution in [2.75, 3.05) is 7.05 Å². The molecule has 0 aliphatic heterocycles. The number of hydrogen-bond acceptors (Lipinski definition) is 2. The molecule has 0 saturated carbocycles. The second kappa shape index (κ2) is 5.49. The lowest BCUT2D eigenvalue weighted by atomic mass is 9.98. The van der Waals surface area contributed by atoms with Crippen LogP contribution in [0.25, 0.3) is 0 Å². The number of halogens is 1. The molecule has 1 unspecified atom stereocenters. The van der Waals surface area contributed by atoms with E-state index >= 15 is 0 Å². The number of nitrogens with one attached hydrogen (secondary N) is 1. The van der Waals surface area contributed by atoms with E-state index in [4.69, 9.17) is 0 Å². The number of hydrogen-bond donors (Lipinski definition) is 1. The zero-order valence-corrected chi connectivity index (χ0v) is 11.8. The first-order valence-electron chi connectivity index (χ1n) is 6.38. The van der Waals surface area contributed by atoms with Crippen LogP contribution in [0.2, 0.25) is 0 Å². The van der Waals surface area contributed by atoms with Crippen molar-refractivity contribution in [1.82, 2.24) is 10.3 Å². The van der Waals surface area contributed by atoms with E-state index in [9.17, 15) is 4.39 Å². The highest BCUT2D eigenvalue weighted by atomic mass is 19.1. The standard InChI is InChI=1S/C16H19FN2/c1-10-6-13(8-14(17)7-10)16(18-4)15-12(3)5-11(2)9-19-15/h5-9,16,18H,1-4H3. The lowest BCUT2D eigenvalue weighted by molar-refractivity contribution is 0.611. The van der Waals surface area contributed by atoms with E-state index in [1.165, 1.54) is 6.07 Å². The molecule has 100 valence electrons. The Morgan fingerprint density at radius 2 is 1.79 bits per heavy atom. The van der Waals surface area contributed by atoms with Crippen molar-refractivity contribution in [2.24, 2.45) is 0 Å². The summed E-state index contributed by atoms with van der Waals surface area (Å²) >= 11 is 0. The molecule has 0 bridgehead atoms. The summed E-state index contributed by atoms with van der Waals surface area (Å²) in [7, 11) is 1.87. The van der Waals surface area contributed by atoms with Crippen LogP contribution in [0.5, 0.6) is 0 Å². The molecule has 2 nitrogen and oxygen atoms in total. The van der Waals surface area contributed by atoms with Gasteiger partial charge in [-0.1, -0.05) is 12.1 Å². The van der Waals surface area contributed by atoms with Crippen molar-refractivity contribution >= 4 is 0 Å². The van der Waals surface area contributed by atoms with Gasteiger partial charge in [0.1, 0.15) is 5.82 Å². The molecule has 1 atom stereocenters. The fourth-order valence-electron chi connectivity index (χ4n) is 2.42. The Hall–Kier alpha value is -1.74. The third-order valence-corrected chi connectivity index (χ3v) is 3.22. The highest BCUT2D eigenvalue weighted by molar-refractivity contribution is 5.35. The number of pyridine rings is 1. The van der Waals surface area contributed by atoms with Crippen LogP contribution in [0.3, 0.4) is 0 Å². The third kappa shape index (κ3) is 2.99. The molecule has 0 aliphatic carbocycles. The minimum absolute atomic E-state index is 0.0880. The van der Waals surface area contributed by atoms with Gasteiger partial charge in [-0.3, -0.25) is 4.98 Å². The molecule has 1 aromatic heterocycles. The normalized spacial score (nSPS) is 12.5. The van der Waals surface area contributed by atoms with Crippen molar-refractivity contribution in [3.63, 3.8) is 0 Å². The number of aromatic nitrogens is 1. The molecule has 1 N–H and O–H groups in total.